The van der Waals surface area contributed by atoms with Crippen molar-refractivity contribution in [2.45, 2.75) is 27.0 Å². The summed E-state index contributed by atoms with van der Waals surface area (Å²) in [6, 6.07) is 14.2. The number of rotatable bonds is 4. The molecule has 2 aromatic rings. The van der Waals surface area contributed by atoms with Gasteiger partial charge in [0.05, 0.1) is 0 Å². The lowest BCUT2D eigenvalue weighted by atomic mass is 10.0. The fraction of sp³-hybridized carbons (Fsp3) is 0.250. The number of hydrogen-bond acceptors (Lipinski definition) is 2. The van der Waals surface area contributed by atoms with E-state index in [0.717, 1.165) is 11.3 Å². The molecule has 18 heavy (non-hydrogen) atoms. The van der Waals surface area contributed by atoms with Crippen molar-refractivity contribution in [1.29, 1.82) is 0 Å². The number of aryl methyl sites for hydroxylation is 2. The van der Waals surface area contributed by atoms with Gasteiger partial charge < -0.3 is 10.5 Å². The third-order valence-electron chi connectivity index (χ3n) is 3.16. The Morgan fingerprint density at radius 3 is 2.33 bits per heavy atom. The van der Waals surface area contributed by atoms with Crippen LogP contribution in [0.1, 0.15) is 22.3 Å². The van der Waals surface area contributed by atoms with Crippen molar-refractivity contribution in [2.75, 3.05) is 0 Å². The Morgan fingerprint density at radius 1 is 1.00 bits per heavy atom. The zero-order chi connectivity index (χ0) is 13.0. The van der Waals surface area contributed by atoms with Gasteiger partial charge in [0.15, 0.2) is 0 Å². The highest BCUT2D eigenvalue weighted by Crippen LogP contribution is 2.18. The predicted octanol–water partition coefficient (Wildman–Crippen LogP) is 3.34. The van der Waals surface area contributed by atoms with Gasteiger partial charge in [-0.15, -0.1) is 0 Å². The third-order valence-corrected chi connectivity index (χ3v) is 3.16. The van der Waals surface area contributed by atoms with E-state index < -0.39 is 0 Å². The molecule has 0 aliphatic carbocycles. The highest BCUT2D eigenvalue weighted by Gasteiger charge is 2.03. The summed E-state index contributed by atoms with van der Waals surface area (Å²) in [5.74, 6) is 0.876. The highest BCUT2D eigenvalue weighted by atomic mass is 16.5. The Balaban J connectivity index is 2.11. The molecule has 0 bridgehead atoms. The molecule has 0 fully saturated rings. The average Bonchev–Trinajstić information content (AvgIpc) is 2.38. The van der Waals surface area contributed by atoms with Crippen LogP contribution in [0.25, 0.3) is 0 Å². The first-order chi connectivity index (χ1) is 8.70. The fourth-order valence-electron chi connectivity index (χ4n) is 1.99. The molecule has 0 saturated heterocycles. The Bertz CT molecular complexity index is 514. The summed E-state index contributed by atoms with van der Waals surface area (Å²) < 4.78 is 5.84. The number of hydrogen-bond donors (Lipinski definition) is 1. The molecule has 0 heterocycles. The highest BCUT2D eigenvalue weighted by molar-refractivity contribution is 5.34. The second kappa shape index (κ2) is 5.69. The van der Waals surface area contributed by atoms with Crippen LogP contribution < -0.4 is 10.5 Å². The second-order valence-electron chi connectivity index (χ2n) is 4.51. The molecule has 2 nitrogen and oxygen atoms in total. The van der Waals surface area contributed by atoms with E-state index in [1.54, 1.807) is 0 Å². The lowest BCUT2D eigenvalue weighted by molar-refractivity contribution is 0.304. The van der Waals surface area contributed by atoms with E-state index in [1.165, 1.54) is 16.7 Å². The van der Waals surface area contributed by atoms with Crippen LogP contribution in [0.5, 0.6) is 5.75 Å². The van der Waals surface area contributed by atoms with Crippen molar-refractivity contribution >= 4 is 0 Å². The zero-order valence-electron chi connectivity index (χ0n) is 10.9. The van der Waals surface area contributed by atoms with Crippen molar-refractivity contribution in [1.82, 2.24) is 0 Å². The summed E-state index contributed by atoms with van der Waals surface area (Å²) in [4.78, 5) is 0. The maximum Gasteiger partial charge on any atom is 0.120 e. The molecule has 0 unspecified atom stereocenters. The Hall–Kier alpha value is -1.80. The maximum atomic E-state index is 5.84. The molecule has 94 valence electrons. The van der Waals surface area contributed by atoms with Gasteiger partial charge in [-0.3, -0.25) is 0 Å². The normalized spacial score (nSPS) is 10.4. The van der Waals surface area contributed by atoms with Crippen LogP contribution in [0.4, 0.5) is 0 Å². The summed E-state index contributed by atoms with van der Waals surface area (Å²) in [5, 5.41) is 0. The van der Waals surface area contributed by atoms with Crippen molar-refractivity contribution in [3.05, 3.63) is 64.7 Å². The number of nitrogens with two attached hydrogens (primary N) is 1. The standard InChI is InChI=1S/C16H19NO/c1-12-5-3-6-13(2)16(12)11-18-15-8-4-7-14(9-15)10-17/h3-9H,10-11,17H2,1-2H3. The molecule has 0 spiro atoms. The molecule has 0 aliphatic rings. The van der Waals surface area contributed by atoms with Gasteiger partial charge in [-0.2, -0.15) is 0 Å². The van der Waals surface area contributed by atoms with Crippen LogP contribution in [0.2, 0.25) is 0 Å². The first-order valence-corrected chi connectivity index (χ1v) is 6.17. The van der Waals surface area contributed by atoms with Crippen LogP contribution in [-0.4, -0.2) is 0 Å². The maximum absolute atomic E-state index is 5.84. The summed E-state index contributed by atoms with van der Waals surface area (Å²) in [5.41, 5.74) is 10.5. The van der Waals surface area contributed by atoms with E-state index in [9.17, 15) is 0 Å². The van der Waals surface area contributed by atoms with Crippen LogP contribution in [0.15, 0.2) is 42.5 Å². The van der Waals surface area contributed by atoms with Crippen molar-refractivity contribution in [3.63, 3.8) is 0 Å². The van der Waals surface area contributed by atoms with Crippen LogP contribution in [0.3, 0.4) is 0 Å². The summed E-state index contributed by atoms with van der Waals surface area (Å²) >= 11 is 0. The molecule has 2 rings (SSSR count). The SMILES string of the molecule is Cc1cccc(C)c1COc1cccc(CN)c1. The van der Waals surface area contributed by atoms with Gasteiger partial charge in [0, 0.05) is 6.54 Å². The topological polar surface area (TPSA) is 35.2 Å². The van der Waals surface area contributed by atoms with Crippen LogP contribution >= 0.6 is 0 Å². The second-order valence-corrected chi connectivity index (χ2v) is 4.51. The average molecular weight is 241 g/mol. The van der Waals surface area contributed by atoms with E-state index in [-0.39, 0.29) is 0 Å². The molecule has 0 aliphatic heterocycles. The molecular formula is C16H19NO. The molecule has 2 aromatic carbocycles. The lowest BCUT2D eigenvalue weighted by Gasteiger charge is -2.12. The van der Waals surface area contributed by atoms with Crippen molar-refractivity contribution < 1.29 is 4.74 Å². The summed E-state index contributed by atoms with van der Waals surface area (Å²) in [6.45, 7) is 5.37. The minimum Gasteiger partial charge on any atom is -0.489 e. The van der Waals surface area contributed by atoms with Crippen molar-refractivity contribution in [2.24, 2.45) is 5.73 Å². The van der Waals surface area contributed by atoms with Gasteiger partial charge in [-0.25, -0.2) is 0 Å². The first-order valence-electron chi connectivity index (χ1n) is 6.17. The predicted molar refractivity (Wildman–Crippen MR) is 74.6 cm³/mol. The molecular weight excluding hydrogens is 222 g/mol. The van der Waals surface area contributed by atoms with E-state index in [0.29, 0.717) is 13.2 Å². The molecule has 0 amide bonds. The minimum atomic E-state index is 0.542. The van der Waals surface area contributed by atoms with E-state index in [4.69, 9.17) is 10.5 Å². The first kappa shape index (κ1) is 12.7. The van der Waals surface area contributed by atoms with Gasteiger partial charge >= 0.3 is 0 Å². The molecule has 0 atom stereocenters. The molecule has 2 N–H and O–H groups in total. The molecule has 0 radical (unpaired) electrons. The van der Waals surface area contributed by atoms with Gasteiger partial charge in [-0.1, -0.05) is 30.3 Å². The summed E-state index contributed by atoms with van der Waals surface area (Å²) in [6.07, 6.45) is 0. The fourth-order valence-corrected chi connectivity index (χ4v) is 1.99. The molecule has 0 saturated carbocycles. The lowest BCUT2D eigenvalue weighted by Crippen LogP contribution is -2.01. The van der Waals surface area contributed by atoms with Gasteiger partial charge in [0.25, 0.3) is 0 Å². The largest absolute Gasteiger partial charge is 0.489 e. The molecule has 0 aromatic heterocycles. The van der Waals surface area contributed by atoms with Gasteiger partial charge in [-0.05, 0) is 48.2 Å². The Morgan fingerprint density at radius 2 is 1.67 bits per heavy atom. The smallest absolute Gasteiger partial charge is 0.120 e. The zero-order valence-corrected chi connectivity index (χ0v) is 10.9. The Kier molecular flexibility index (Phi) is 4.00. The third kappa shape index (κ3) is 2.90. The van der Waals surface area contributed by atoms with E-state index in [1.807, 2.05) is 24.3 Å². The quantitative estimate of drug-likeness (QED) is 0.891. The summed E-state index contributed by atoms with van der Waals surface area (Å²) in [7, 11) is 0. The minimum absolute atomic E-state index is 0.542. The van der Waals surface area contributed by atoms with Crippen LogP contribution in [0, 0.1) is 13.8 Å². The molecule has 2 heteroatoms. The van der Waals surface area contributed by atoms with E-state index in [2.05, 4.69) is 32.0 Å². The monoisotopic (exact) mass is 241 g/mol. The van der Waals surface area contributed by atoms with Gasteiger partial charge in [0.1, 0.15) is 12.4 Å². The van der Waals surface area contributed by atoms with E-state index >= 15 is 0 Å². The number of benzene rings is 2. The van der Waals surface area contributed by atoms with Crippen LogP contribution in [-0.2, 0) is 13.2 Å². The van der Waals surface area contributed by atoms with Gasteiger partial charge in [0.2, 0.25) is 0 Å². The van der Waals surface area contributed by atoms with Crippen molar-refractivity contribution in [3.8, 4) is 5.75 Å². The number of ether oxygens (including phenoxy) is 1. The Labute approximate surface area is 108 Å².